The molecule has 2 heteroatoms. The summed E-state index contributed by atoms with van der Waals surface area (Å²) < 4.78 is 5.98. The summed E-state index contributed by atoms with van der Waals surface area (Å²) in [6, 6.07) is 10.3. The monoisotopic (exact) mass is 241 g/mol. The van der Waals surface area contributed by atoms with Crippen LogP contribution in [-0.4, -0.2) is 30.1 Å². The van der Waals surface area contributed by atoms with E-state index in [0.717, 1.165) is 18.8 Å². The van der Waals surface area contributed by atoms with Gasteiger partial charge in [-0.1, -0.05) is 49.1 Å². The van der Waals surface area contributed by atoms with Crippen LogP contribution in [-0.2, 0) is 0 Å². The van der Waals surface area contributed by atoms with Crippen LogP contribution in [0.3, 0.4) is 0 Å². The van der Waals surface area contributed by atoms with Gasteiger partial charge in [-0.3, -0.25) is 4.90 Å². The molecular weight excluding hydrogens is 222 g/mol. The average molecular weight is 241 g/mol. The van der Waals surface area contributed by atoms with Gasteiger partial charge in [0.2, 0.25) is 0 Å². The molecular formula is C16H19NO. The highest BCUT2D eigenvalue weighted by Gasteiger charge is 2.37. The summed E-state index contributed by atoms with van der Waals surface area (Å²) in [5.74, 6) is 0.928. The summed E-state index contributed by atoms with van der Waals surface area (Å²) >= 11 is 0. The number of hydrogen-bond donors (Lipinski definition) is 0. The van der Waals surface area contributed by atoms with E-state index in [9.17, 15) is 0 Å². The lowest BCUT2D eigenvalue weighted by molar-refractivity contribution is -0.0132. The predicted molar refractivity (Wildman–Crippen MR) is 75.8 cm³/mol. The van der Waals surface area contributed by atoms with Crippen molar-refractivity contribution in [3.63, 3.8) is 0 Å². The number of ether oxygens (including phenoxy) is 1. The molecule has 0 amide bonds. The highest BCUT2D eigenvalue weighted by atomic mass is 16.5. The lowest BCUT2D eigenvalue weighted by Crippen LogP contribution is -2.61. The molecule has 1 aliphatic rings. The molecule has 94 valence electrons. The first-order valence-electron chi connectivity index (χ1n) is 6.21. The highest BCUT2D eigenvalue weighted by Crippen LogP contribution is 2.24. The molecule has 2 nitrogen and oxygen atoms in total. The minimum Gasteiger partial charge on any atom is -0.487 e. The summed E-state index contributed by atoms with van der Waals surface area (Å²) in [4.78, 5) is 2.32. The molecule has 0 unspecified atom stereocenters. The van der Waals surface area contributed by atoms with Gasteiger partial charge >= 0.3 is 0 Å². The maximum Gasteiger partial charge on any atom is 0.130 e. The van der Waals surface area contributed by atoms with Crippen molar-refractivity contribution in [2.75, 3.05) is 13.1 Å². The summed E-state index contributed by atoms with van der Waals surface area (Å²) in [6.45, 7) is 9.31. The lowest BCUT2D eigenvalue weighted by Gasteiger charge is -2.45. The van der Waals surface area contributed by atoms with Crippen molar-refractivity contribution in [3.8, 4) is 5.75 Å². The van der Waals surface area contributed by atoms with Crippen LogP contribution >= 0.6 is 0 Å². The van der Waals surface area contributed by atoms with E-state index < -0.39 is 0 Å². The zero-order chi connectivity index (χ0) is 12.8. The molecule has 1 heterocycles. The zero-order valence-electron chi connectivity index (χ0n) is 10.5. The van der Waals surface area contributed by atoms with Crippen molar-refractivity contribution >= 4 is 0 Å². The fraction of sp³-hybridized carbons (Fsp3) is 0.250. The summed E-state index contributed by atoms with van der Waals surface area (Å²) in [5.41, 5.74) is 0. The molecule has 0 aliphatic carbocycles. The van der Waals surface area contributed by atoms with E-state index in [1.54, 1.807) is 6.08 Å². The maximum absolute atomic E-state index is 5.98. The van der Waals surface area contributed by atoms with Gasteiger partial charge in [-0.05, 0) is 12.1 Å². The maximum atomic E-state index is 5.98. The van der Waals surface area contributed by atoms with Crippen LogP contribution in [0.5, 0.6) is 5.75 Å². The van der Waals surface area contributed by atoms with E-state index >= 15 is 0 Å². The zero-order valence-corrected chi connectivity index (χ0v) is 10.5. The SMILES string of the molecule is C=C/C=C/[C@H]1[C@@H](Oc2ccccc2)CN1CC=C. The van der Waals surface area contributed by atoms with Crippen molar-refractivity contribution < 1.29 is 4.74 Å². The number of benzene rings is 1. The Morgan fingerprint density at radius 3 is 2.72 bits per heavy atom. The highest BCUT2D eigenvalue weighted by molar-refractivity contribution is 5.23. The van der Waals surface area contributed by atoms with Gasteiger partial charge in [0, 0.05) is 13.1 Å². The van der Waals surface area contributed by atoms with E-state index in [1.165, 1.54) is 0 Å². The third-order valence-electron chi connectivity index (χ3n) is 3.06. The lowest BCUT2D eigenvalue weighted by atomic mass is 9.98. The van der Waals surface area contributed by atoms with Crippen LogP contribution in [0.1, 0.15) is 0 Å². The first-order valence-corrected chi connectivity index (χ1v) is 6.21. The third-order valence-corrected chi connectivity index (χ3v) is 3.06. The van der Waals surface area contributed by atoms with Crippen molar-refractivity contribution in [3.05, 3.63) is 67.8 Å². The number of allylic oxidation sites excluding steroid dienone is 2. The van der Waals surface area contributed by atoms with Gasteiger partial charge < -0.3 is 4.74 Å². The number of para-hydroxylation sites is 1. The summed E-state index contributed by atoms with van der Waals surface area (Å²) in [5, 5.41) is 0. The first-order chi connectivity index (χ1) is 8.85. The van der Waals surface area contributed by atoms with E-state index in [2.05, 4.69) is 24.1 Å². The molecule has 0 N–H and O–H groups in total. The van der Waals surface area contributed by atoms with Gasteiger partial charge in [0.05, 0.1) is 6.04 Å². The van der Waals surface area contributed by atoms with Crippen molar-refractivity contribution in [1.29, 1.82) is 0 Å². The number of nitrogens with zero attached hydrogens (tertiary/aromatic N) is 1. The Morgan fingerprint density at radius 2 is 2.06 bits per heavy atom. The Bertz CT molecular complexity index is 424. The standard InChI is InChI=1S/C16H19NO/c1-3-5-11-15-16(13-17(15)12-4-2)18-14-9-7-6-8-10-14/h3-11,15-16H,1-2,12-13H2/b11-5+/t15-,16-/m0/s1. The third kappa shape index (κ3) is 2.90. The van der Waals surface area contributed by atoms with E-state index in [0.29, 0.717) is 6.04 Å². The second kappa shape index (κ2) is 6.22. The number of likely N-dealkylation sites (tertiary alicyclic amines) is 1. The topological polar surface area (TPSA) is 12.5 Å². The summed E-state index contributed by atoms with van der Waals surface area (Å²) in [6.07, 6.45) is 8.04. The van der Waals surface area contributed by atoms with Crippen molar-refractivity contribution in [2.45, 2.75) is 12.1 Å². The van der Waals surface area contributed by atoms with Gasteiger partial charge in [0.25, 0.3) is 0 Å². The average Bonchev–Trinajstić information content (AvgIpc) is 2.39. The van der Waals surface area contributed by atoms with E-state index in [1.807, 2.05) is 42.5 Å². The smallest absolute Gasteiger partial charge is 0.130 e. The van der Waals surface area contributed by atoms with Gasteiger partial charge in [0.15, 0.2) is 0 Å². The number of hydrogen-bond acceptors (Lipinski definition) is 2. The van der Waals surface area contributed by atoms with Gasteiger partial charge in [-0.2, -0.15) is 0 Å². The Morgan fingerprint density at radius 1 is 1.28 bits per heavy atom. The van der Waals surface area contributed by atoms with Crippen LogP contribution in [0.15, 0.2) is 67.8 Å². The van der Waals surface area contributed by atoms with Crippen LogP contribution in [0.4, 0.5) is 0 Å². The molecule has 0 aromatic heterocycles. The van der Waals surface area contributed by atoms with E-state index in [4.69, 9.17) is 4.74 Å². The molecule has 0 radical (unpaired) electrons. The van der Waals surface area contributed by atoms with Gasteiger partial charge in [0.1, 0.15) is 11.9 Å². The van der Waals surface area contributed by atoms with Crippen molar-refractivity contribution in [1.82, 2.24) is 4.90 Å². The van der Waals surface area contributed by atoms with Crippen LogP contribution in [0, 0.1) is 0 Å². The Labute approximate surface area is 109 Å². The second-order valence-corrected chi connectivity index (χ2v) is 4.32. The van der Waals surface area contributed by atoms with Crippen LogP contribution < -0.4 is 4.74 Å². The van der Waals surface area contributed by atoms with Crippen LogP contribution in [0.25, 0.3) is 0 Å². The molecule has 1 aromatic carbocycles. The molecule has 1 aliphatic heterocycles. The van der Waals surface area contributed by atoms with E-state index in [-0.39, 0.29) is 6.10 Å². The second-order valence-electron chi connectivity index (χ2n) is 4.32. The molecule has 0 bridgehead atoms. The Kier molecular flexibility index (Phi) is 4.37. The minimum atomic E-state index is 0.212. The number of rotatable bonds is 6. The first kappa shape index (κ1) is 12.7. The molecule has 1 fully saturated rings. The normalized spacial score (nSPS) is 23.6. The largest absolute Gasteiger partial charge is 0.487 e. The minimum absolute atomic E-state index is 0.212. The molecule has 2 atom stereocenters. The van der Waals surface area contributed by atoms with Crippen LogP contribution in [0.2, 0.25) is 0 Å². The van der Waals surface area contributed by atoms with Crippen molar-refractivity contribution in [2.24, 2.45) is 0 Å². The van der Waals surface area contributed by atoms with Gasteiger partial charge in [-0.15, -0.1) is 6.58 Å². The molecule has 1 aromatic rings. The Hall–Kier alpha value is -1.80. The molecule has 1 saturated heterocycles. The molecule has 18 heavy (non-hydrogen) atoms. The molecule has 0 saturated carbocycles. The molecule has 0 spiro atoms. The molecule has 2 rings (SSSR count). The Balaban J connectivity index is 1.98. The summed E-state index contributed by atoms with van der Waals surface area (Å²) in [7, 11) is 0. The fourth-order valence-electron chi connectivity index (χ4n) is 2.14. The quantitative estimate of drug-likeness (QED) is 0.560. The van der Waals surface area contributed by atoms with Gasteiger partial charge in [-0.25, -0.2) is 0 Å². The predicted octanol–water partition coefficient (Wildman–Crippen LogP) is 3.05. The fourth-order valence-corrected chi connectivity index (χ4v) is 2.14.